The number of sulfonamides is 1. The predicted octanol–water partition coefficient (Wildman–Crippen LogP) is 2.14. The van der Waals surface area contributed by atoms with Gasteiger partial charge >= 0.3 is 0 Å². The van der Waals surface area contributed by atoms with E-state index in [4.69, 9.17) is 0 Å². The van der Waals surface area contributed by atoms with Crippen molar-refractivity contribution in [3.8, 4) is 11.4 Å². The van der Waals surface area contributed by atoms with E-state index in [1.807, 2.05) is 16.8 Å². The molecule has 0 unspecified atom stereocenters. The lowest BCUT2D eigenvalue weighted by molar-refractivity contribution is 0.273. The molecular formula is C17H25N5O2S. The van der Waals surface area contributed by atoms with E-state index in [1.54, 1.807) is 16.8 Å². The van der Waals surface area contributed by atoms with Crippen LogP contribution in [0.15, 0.2) is 24.7 Å². The van der Waals surface area contributed by atoms with Crippen molar-refractivity contribution in [1.29, 1.82) is 0 Å². The summed E-state index contributed by atoms with van der Waals surface area (Å²) in [7, 11) is -3.07. The molecule has 3 heterocycles. The highest BCUT2D eigenvalue weighted by molar-refractivity contribution is 7.88. The van der Waals surface area contributed by atoms with E-state index in [9.17, 15) is 8.42 Å². The van der Waals surface area contributed by atoms with Gasteiger partial charge in [-0.3, -0.25) is 4.68 Å². The maximum atomic E-state index is 11.6. The van der Waals surface area contributed by atoms with Crippen LogP contribution in [0.1, 0.15) is 38.4 Å². The number of piperidine rings is 1. The van der Waals surface area contributed by atoms with Gasteiger partial charge in [-0.2, -0.15) is 5.10 Å². The molecule has 0 bridgehead atoms. The minimum absolute atomic E-state index is 0.267. The van der Waals surface area contributed by atoms with Gasteiger partial charge in [0.2, 0.25) is 10.0 Å². The largest absolute Gasteiger partial charge is 0.261 e. The molecule has 8 heteroatoms. The predicted molar refractivity (Wildman–Crippen MR) is 96.5 cm³/mol. The quantitative estimate of drug-likeness (QED) is 0.813. The van der Waals surface area contributed by atoms with E-state index in [-0.39, 0.29) is 6.04 Å². The Bertz CT molecular complexity index is 823. The highest BCUT2D eigenvalue weighted by Crippen LogP contribution is 2.25. The Hall–Kier alpha value is -1.80. The average molecular weight is 363 g/mol. The molecule has 0 radical (unpaired) electrons. The Morgan fingerprint density at radius 3 is 2.60 bits per heavy atom. The van der Waals surface area contributed by atoms with Crippen LogP contribution in [0.2, 0.25) is 0 Å². The molecule has 0 amide bonds. The summed E-state index contributed by atoms with van der Waals surface area (Å²) in [5.74, 6) is 0.454. The molecule has 0 N–H and O–H groups in total. The zero-order valence-corrected chi connectivity index (χ0v) is 15.8. The summed E-state index contributed by atoms with van der Waals surface area (Å²) in [6, 6.07) is 4.26. The second kappa shape index (κ2) is 7.21. The Balaban J connectivity index is 1.70. The van der Waals surface area contributed by atoms with Gasteiger partial charge in [-0.1, -0.05) is 0 Å². The number of nitrogens with zero attached hydrogens (tertiary/aromatic N) is 5. The zero-order valence-electron chi connectivity index (χ0n) is 15.0. The molecule has 0 spiro atoms. The smallest absolute Gasteiger partial charge is 0.211 e. The van der Waals surface area contributed by atoms with Crippen LogP contribution in [0.4, 0.5) is 0 Å². The molecule has 0 aromatic carbocycles. The first kappa shape index (κ1) is 18.0. The van der Waals surface area contributed by atoms with Crippen LogP contribution in [-0.4, -0.2) is 51.8 Å². The maximum absolute atomic E-state index is 11.6. The van der Waals surface area contributed by atoms with Gasteiger partial charge in [0, 0.05) is 31.0 Å². The van der Waals surface area contributed by atoms with E-state index < -0.39 is 10.0 Å². The molecule has 1 aliphatic rings. The fourth-order valence-electron chi connectivity index (χ4n) is 3.32. The van der Waals surface area contributed by atoms with Gasteiger partial charge in [0.1, 0.15) is 6.33 Å². The molecule has 1 saturated heterocycles. The van der Waals surface area contributed by atoms with Crippen LogP contribution in [0.3, 0.4) is 0 Å². The van der Waals surface area contributed by atoms with Crippen molar-refractivity contribution in [2.75, 3.05) is 19.3 Å². The number of hydrogen-bond donors (Lipinski definition) is 0. The molecule has 7 nitrogen and oxygen atoms in total. The van der Waals surface area contributed by atoms with Crippen molar-refractivity contribution in [1.82, 2.24) is 24.1 Å². The molecule has 0 saturated carbocycles. The molecule has 2 aromatic heterocycles. The van der Waals surface area contributed by atoms with Crippen molar-refractivity contribution in [3.63, 3.8) is 0 Å². The third kappa shape index (κ3) is 4.24. The topological polar surface area (TPSA) is 81.0 Å². The summed E-state index contributed by atoms with van der Waals surface area (Å²) < 4.78 is 26.7. The summed E-state index contributed by atoms with van der Waals surface area (Å²) >= 11 is 0. The van der Waals surface area contributed by atoms with Crippen molar-refractivity contribution in [3.05, 3.63) is 30.4 Å². The second-order valence-corrected chi connectivity index (χ2v) is 8.94. The fraction of sp³-hybridized carbons (Fsp3) is 0.588. The number of aromatic nitrogens is 4. The molecule has 1 aliphatic heterocycles. The summed E-state index contributed by atoms with van der Waals surface area (Å²) in [5.41, 5.74) is 2.87. The highest BCUT2D eigenvalue weighted by Gasteiger charge is 2.25. The Labute approximate surface area is 149 Å². The lowest BCUT2D eigenvalue weighted by atomic mass is 9.93. The zero-order chi connectivity index (χ0) is 18.0. The maximum Gasteiger partial charge on any atom is 0.211 e. The first-order chi connectivity index (χ1) is 11.8. The summed E-state index contributed by atoms with van der Waals surface area (Å²) in [6.07, 6.45) is 7.27. The third-order valence-electron chi connectivity index (χ3n) is 4.69. The van der Waals surface area contributed by atoms with Crippen LogP contribution in [0.5, 0.6) is 0 Å². The summed E-state index contributed by atoms with van der Waals surface area (Å²) in [4.78, 5) is 8.82. The van der Waals surface area contributed by atoms with Crippen LogP contribution in [0, 0.1) is 5.92 Å². The van der Waals surface area contributed by atoms with Crippen molar-refractivity contribution >= 4 is 10.0 Å². The standard InChI is InChI=1S/C17H25N5O2S/c1-13(2)22-17(4-7-20-22)16-11-15(18-12-19-16)10-14-5-8-21(9-6-14)25(3,23)24/h4,7,11-14H,5-6,8-10H2,1-3H3. The van der Waals surface area contributed by atoms with Crippen LogP contribution in [-0.2, 0) is 16.4 Å². The van der Waals surface area contributed by atoms with Gasteiger partial charge in [-0.05, 0) is 51.2 Å². The van der Waals surface area contributed by atoms with E-state index in [0.29, 0.717) is 19.0 Å². The van der Waals surface area contributed by atoms with Crippen LogP contribution in [0.25, 0.3) is 11.4 Å². The third-order valence-corrected chi connectivity index (χ3v) is 5.99. The van der Waals surface area contributed by atoms with Gasteiger partial charge < -0.3 is 0 Å². The van der Waals surface area contributed by atoms with E-state index in [0.717, 1.165) is 36.3 Å². The van der Waals surface area contributed by atoms with E-state index in [1.165, 1.54) is 6.26 Å². The molecule has 3 rings (SSSR count). The first-order valence-corrected chi connectivity index (χ1v) is 10.5. The summed E-state index contributed by atoms with van der Waals surface area (Å²) in [5, 5.41) is 4.36. The lowest BCUT2D eigenvalue weighted by Crippen LogP contribution is -2.38. The second-order valence-electron chi connectivity index (χ2n) is 6.96. The molecule has 0 atom stereocenters. The normalized spacial score (nSPS) is 17.3. The van der Waals surface area contributed by atoms with Crippen LogP contribution >= 0.6 is 0 Å². The minimum atomic E-state index is -3.07. The molecule has 1 fully saturated rings. The average Bonchev–Trinajstić information content (AvgIpc) is 3.05. The Morgan fingerprint density at radius 2 is 1.96 bits per heavy atom. The molecule has 136 valence electrons. The van der Waals surface area contributed by atoms with Gasteiger partial charge in [-0.15, -0.1) is 0 Å². The molecule has 2 aromatic rings. The fourth-order valence-corrected chi connectivity index (χ4v) is 4.19. The lowest BCUT2D eigenvalue weighted by Gasteiger charge is -2.30. The van der Waals surface area contributed by atoms with E-state index >= 15 is 0 Å². The molecule has 25 heavy (non-hydrogen) atoms. The van der Waals surface area contributed by atoms with Gasteiger partial charge in [0.15, 0.2) is 0 Å². The molecule has 0 aliphatic carbocycles. The monoisotopic (exact) mass is 363 g/mol. The van der Waals surface area contributed by atoms with Crippen LogP contribution < -0.4 is 0 Å². The summed E-state index contributed by atoms with van der Waals surface area (Å²) in [6.45, 7) is 5.38. The van der Waals surface area contributed by atoms with Gasteiger partial charge in [0.25, 0.3) is 0 Å². The van der Waals surface area contributed by atoms with Crippen molar-refractivity contribution in [2.24, 2.45) is 5.92 Å². The number of hydrogen-bond acceptors (Lipinski definition) is 5. The minimum Gasteiger partial charge on any atom is -0.261 e. The van der Waals surface area contributed by atoms with Gasteiger partial charge in [-0.25, -0.2) is 22.7 Å². The first-order valence-electron chi connectivity index (χ1n) is 8.64. The highest BCUT2D eigenvalue weighted by atomic mass is 32.2. The van der Waals surface area contributed by atoms with Crippen molar-refractivity contribution in [2.45, 2.75) is 39.2 Å². The van der Waals surface area contributed by atoms with Crippen molar-refractivity contribution < 1.29 is 8.42 Å². The van der Waals surface area contributed by atoms with E-state index in [2.05, 4.69) is 28.9 Å². The SMILES string of the molecule is CC(C)n1nccc1-c1cc(CC2CCN(S(C)(=O)=O)CC2)ncn1. The Morgan fingerprint density at radius 1 is 1.24 bits per heavy atom. The molecular weight excluding hydrogens is 338 g/mol. The Kier molecular flexibility index (Phi) is 5.19. The number of rotatable bonds is 5. The van der Waals surface area contributed by atoms with Gasteiger partial charge in [0.05, 0.1) is 17.6 Å².